The lowest BCUT2D eigenvalue weighted by atomic mass is 9.49. The summed E-state index contributed by atoms with van der Waals surface area (Å²) < 4.78 is 0. The molecule has 0 spiro atoms. The molecule has 1 fully saturated rings. The molecule has 3 rings (SSSR count). The van der Waals surface area contributed by atoms with Gasteiger partial charge in [0.1, 0.15) is 0 Å². The molecule has 1 N–H and O–H groups in total. The van der Waals surface area contributed by atoms with E-state index in [0.29, 0.717) is 11.3 Å². The highest BCUT2D eigenvalue weighted by atomic mass is 16.3. The molecule has 0 aromatic carbocycles. The molecule has 62 valence electrons. The molecule has 0 aromatic heterocycles. The van der Waals surface area contributed by atoms with E-state index < -0.39 is 0 Å². The van der Waals surface area contributed by atoms with Gasteiger partial charge in [-0.25, -0.2) is 0 Å². The summed E-state index contributed by atoms with van der Waals surface area (Å²) in [4.78, 5) is 0. The van der Waals surface area contributed by atoms with Gasteiger partial charge in [0.05, 0.1) is 6.61 Å². The third-order valence-electron chi connectivity index (χ3n) is 3.77. The fourth-order valence-corrected chi connectivity index (χ4v) is 2.66. The van der Waals surface area contributed by atoms with Crippen LogP contribution in [0.4, 0.5) is 0 Å². The third kappa shape index (κ3) is 0.807. The summed E-state index contributed by atoms with van der Waals surface area (Å²) in [6.07, 6.45) is 4.75. The van der Waals surface area contributed by atoms with Crippen LogP contribution >= 0.6 is 0 Å². The summed E-state index contributed by atoms with van der Waals surface area (Å²) in [5.41, 5.74) is 1.77. The lowest BCUT2D eigenvalue weighted by Crippen LogP contribution is -2.48. The first-order valence-electron chi connectivity index (χ1n) is 4.46. The van der Waals surface area contributed by atoms with Crippen molar-refractivity contribution in [2.75, 3.05) is 6.61 Å². The van der Waals surface area contributed by atoms with Gasteiger partial charge in [-0.3, -0.25) is 0 Å². The summed E-state index contributed by atoms with van der Waals surface area (Å²) in [6, 6.07) is 0. The number of rotatable bonds is 1. The molecule has 3 aliphatic carbocycles. The number of aliphatic hydroxyl groups excluding tert-OH is 1. The quantitative estimate of drug-likeness (QED) is 0.569. The molecule has 0 aromatic rings. The van der Waals surface area contributed by atoms with Crippen molar-refractivity contribution < 1.29 is 5.11 Å². The van der Waals surface area contributed by atoms with E-state index in [-0.39, 0.29) is 6.61 Å². The summed E-state index contributed by atoms with van der Waals surface area (Å²) in [5, 5.41) is 9.05. The minimum Gasteiger partial charge on any atom is -0.392 e. The maximum absolute atomic E-state index is 9.05. The smallest absolute Gasteiger partial charge is 0.0644 e. The highest BCUT2D eigenvalue weighted by Gasteiger charge is 2.50. The van der Waals surface area contributed by atoms with Gasteiger partial charge in [0.25, 0.3) is 0 Å². The Morgan fingerprint density at radius 3 is 2.73 bits per heavy atom. The topological polar surface area (TPSA) is 20.2 Å². The van der Waals surface area contributed by atoms with E-state index in [4.69, 9.17) is 5.11 Å². The van der Waals surface area contributed by atoms with Crippen LogP contribution in [0.25, 0.3) is 0 Å². The molecular formula is C10H16O. The van der Waals surface area contributed by atoms with Gasteiger partial charge in [0.15, 0.2) is 0 Å². The van der Waals surface area contributed by atoms with Gasteiger partial charge >= 0.3 is 0 Å². The van der Waals surface area contributed by atoms with Crippen LogP contribution in [-0.2, 0) is 0 Å². The highest BCUT2D eigenvalue weighted by molar-refractivity contribution is 5.23. The Hall–Kier alpha value is -0.300. The van der Waals surface area contributed by atoms with Crippen molar-refractivity contribution >= 4 is 0 Å². The average molecular weight is 152 g/mol. The van der Waals surface area contributed by atoms with E-state index >= 15 is 0 Å². The number of hydrogen-bond donors (Lipinski definition) is 1. The molecule has 0 heterocycles. The summed E-state index contributed by atoms with van der Waals surface area (Å²) >= 11 is 0. The van der Waals surface area contributed by atoms with Gasteiger partial charge < -0.3 is 5.11 Å². The van der Waals surface area contributed by atoms with Crippen molar-refractivity contribution in [3.8, 4) is 0 Å². The molecule has 0 unspecified atom stereocenters. The van der Waals surface area contributed by atoms with Crippen LogP contribution in [0.2, 0.25) is 0 Å². The van der Waals surface area contributed by atoms with E-state index in [2.05, 4.69) is 19.9 Å². The van der Waals surface area contributed by atoms with Crippen molar-refractivity contribution in [1.82, 2.24) is 0 Å². The molecule has 0 radical (unpaired) electrons. The second-order valence-corrected chi connectivity index (χ2v) is 4.48. The van der Waals surface area contributed by atoms with Crippen LogP contribution < -0.4 is 0 Å². The predicted molar refractivity (Wildman–Crippen MR) is 45.2 cm³/mol. The molecule has 2 atom stereocenters. The van der Waals surface area contributed by atoms with Crippen molar-refractivity contribution in [3.05, 3.63) is 11.6 Å². The van der Waals surface area contributed by atoms with Crippen molar-refractivity contribution in [2.24, 2.45) is 17.3 Å². The maximum atomic E-state index is 9.05. The summed E-state index contributed by atoms with van der Waals surface area (Å²) in [7, 11) is 0. The van der Waals surface area contributed by atoms with E-state index in [9.17, 15) is 0 Å². The second kappa shape index (κ2) is 2.10. The molecule has 0 saturated heterocycles. The maximum Gasteiger partial charge on any atom is 0.0644 e. The number of fused-ring (bicyclic) bond motifs is 1. The Labute approximate surface area is 68.1 Å². The largest absolute Gasteiger partial charge is 0.392 e. The van der Waals surface area contributed by atoms with Gasteiger partial charge in [-0.05, 0) is 35.7 Å². The Morgan fingerprint density at radius 2 is 2.36 bits per heavy atom. The molecule has 0 amide bonds. The first-order valence-corrected chi connectivity index (χ1v) is 4.46. The molecule has 1 saturated carbocycles. The lowest BCUT2D eigenvalue weighted by molar-refractivity contribution is -0.0125. The van der Waals surface area contributed by atoms with Crippen molar-refractivity contribution in [3.63, 3.8) is 0 Å². The van der Waals surface area contributed by atoms with Crippen LogP contribution in [0.1, 0.15) is 26.7 Å². The van der Waals surface area contributed by atoms with Crippen LogP contribution in [0.3, 0.4) is 0 Å². The average Bonchev–Trinajstić information content (AvgIpc) is 2.04. The predicted octanol–water partition coefficient (Wildman–Crippen LogP) is 1.97. The molecule has 2 bridgehead atoms. The lowest BCUT2D eigenvalue weighted by Gasteiger charge is -2.56. The molecule has 3 aliphatic rings. The van der Waals surface area contributed by atoms with Gasteiger partial charge in [-0.1, -0.05) is 19.9 Å². The molecule has 1 heteroatoms. The van der Waals surface area contributed by atoms with Gasteiger partial charge in [0.2, 0.25) is 0 Å². The number of hydrogen-bond acceptors (Lipinski definition) is 1. The second-order valence-electron chi connectivity index (χ2n) is 4.48. The van der Waals surface area contributed by atoms with Gasteiger partial charge in [0, 0.05) is 0 Å². The van der Waals surface area contributed by atoms with Gasteiger partial charge in [-0.15, -0.1) is 0 Å². The van der Waals surface area contributed by atoms with E-state index in [0.717, 1.165) is 5.92 Å². The Bertz CT molecular complexity index is 203. The fourth-order valence-electron chi connectivity index (χ4n) is 2.66. The SMILES string of the molecule is CC1(C)[C@@H]2CC=C(CO)[C@@H]1C2. The van der Waals surface area contributed by atoms with Crippen LogP contribution in [0.15, 0.2) is 11.6 Å². The number of aliphatic hydroxyl groups is 1. The zero-order valence-corrected chi connectivity index (χ0v) is 7.30. The first kappa shape index (κ1) is 7.35. The third-order valence-corrected chi connectivity index (χ3v) is 3.77. The molecule has 0 aliphatic heterocycles. The molecule has 11 heavy (non-hydrogen) atoms. The van der Waals surface area contributed by atoms with E-state index in [1.54, 1.807) is 0 Å². The van der Waals surface area contributed by atoms with Crippen LogP contribution in [-0.4, -0.2) is 11.7 Å². The minimum absolute atomic E-state index is 0.279. The van der Waals surface area contributed by atoms with Crippen LogP contribution in [0, 0.1) is 17.3 Å². The zero-order chi connectivity index (χ0) is 8.06. The molecule has 1 nitrogen and oxygen atoms in total. The highest BCUT2D eigenvalue weighted by Crippen LogP contribution is 2.58. The normalized spacial score (nSPS) is 39.4. The summed E-state index contributed by atoms with van der Waals surface area (Å²) in [5.74, 6) is 1.58. The van der Waals surface area contributed by atoms with Crippen LogP contribution in [0.5, 0.6) is 0 Å². The molecular weight excluding hydrogens is 136 g/mol. The Kier molecular flexibility index (Phi) is 1.40. The van der Waals surface area contributed by atoms with E-state index in [1.807, 2.05) is 0 Å². The number of allylic oxidation sites excluding steroid dienone is 1. The standard InChI is InChI=1S/C10H16O/c1-10(2)8-4-3-7(6-11)9(10)5-8/h3,8-9,11H,4-6H2,1-2H3/t8-,9+/m1/s1. The Balaban J connectivity index is 2.23. The summed E-state index contributed by atoms with van der Waals surface area (Å²) in [6.45, 7) is 4.93. The fraction of sp³-hybridized carbons (Fsp3) is 0.800. The van der Waals surface area contributed by atoms with Gasteiger partial charge in [-0.2, -0.15) is 0 Å². The zero-order valence-electron chi connectivity index (χ0n) is 7.30. The van der Waals surface area contributed by atoms with Crippen molar-refractivity contribution in [2.45, 2.75) is 26.7 Å². The van der Waals surface area contributed by atoms with E-state index in [1.165, 1.54) is 18.4 Å². The van der Waals surface area contributed by atoms with Crippen molar-refractivity contribution in [1.29, 1.82) is 0 Å². The monoisotopic (exact) mass is 152 g/mol. The first-order chi connectivity index (χ1) is 5.16. The minimum atomic E-state index is 0.279. The Morgan fingerprint density at radius 1 is 1.64 bits per heavy atom.